The van der Waals surface area contributed by atoms with Gasteiger partial charge in [-0.25, -0.2) is 0 Å². The number of amides is 1. The number of carbonyl (C=O) groups is 1. The Balaban J connectivity index is 1.48. The summed E-state index contributed by atoms with van der Waals surface area (Å²) in [5, 5.41) is 4.75. The number of aromatic nitrogens is 2. The number of halogens is 1. The quantitative estimate of drug-likeness (QED) is 0.539. The zero-order chi connectivity index (χ0) is 21.3. The van der Waals surface area contributed by atoms with Gasteiger partial charge < -0.3 is 14.2 Å². The molecule has 0 aliphatic carbocycles. The largest absolute Gasteiger partial charge is 0.493 e. The minimum absolute atomic E-state index is 0.0248. The lowest BCUT2D eigenvalue weighted by Gasteiger charge is -2.19. The van der Waals surface area contributed by atoms with Crippen molar-refractivity contribution < 1.29 is 14.1 Å². The Bertz CT molecular complexity index is 1050. The molecular formula is C23H24ClN3O3. The van der Waals surface area contributed by atoms with E-state index in [1.165, 1.54) is 0 Å². The Hall–Kier alpha value is -2.86. The van der Waals surface area contributed by atoms with Gasteiger partial charge >= 0.3 is 0 Å². The monoisotopic (exact) mass is 425 g/mol. The lowest BCUT2D eigenvalue weighted by molar-refractivity contribution is -0.117. The molecule has 0 saturated carbocycles. The summed E-state index contributed by atoms with van der Waals surface area (Å²) in [5.41, 5.74) is 2.56. The molecule has 2 heterocycles. The normalized spacial score (nSPS) is 16.5. The van der Waals surface area contributed by atoms with Crippen LogP contribution in [0.15, 0.2) is 47.0 Å². The minimum atomic E-state index is -0.147. The number of hydrogen-bond donors (Lipinski definition) is 0. The molecule has 1 atom stereocenters. The summed E-state index contributed by atoms with van der Waals surface area (Å²) in [6.07, 6.45) is 0.329. The van der Waals surface area contributed by atoms with Gasteiger partial charge in [-0.15, -0.1) is 0 Å². The molecule has 1 saturated heterocycles. The van der Waals surface area contributed by atoms with Crippen LogP contribution in [0.3, 0.4) is 0 Å². The zero-order valence-electron chi connectivity index (χ0n) is 17.3. The van der Waals surface area contributed by atoms with Crippen molar-refractivity contribution >= 4 is 23.2 Å². The lowest BCUT2D eigenvalue weighted by atomic mass is 10.1. The van der Waals surface area contributed by atoms with E-state index >= 15 is 0 Å². The van der Waals surface area contributed by atoms with Crippen LogP contribution in [-0.2, 0) is 4.79 Å². The molecule has 6 nitrogen and oxygen atoms in total. The van der Waals surface area contributed by atoms with Gasteiger partial charge in [0.05, 0.1) is 12.5 Å². The lowest BCUT2D eigenvalue weighted by Crippen LogP contribution is -2.25. The summed E-state index contributed by atoms with van der Waals surface area (Å²) >= 11 is 6.22. The zero-order valence-corrected chi connectivity index (χ0v) is 18.0. The molecule has 0 N–H and O–H groups in total. The summed E-state index contributed by atoms with van der Waals surface area (Å²) in [5.74, 6) is 2.13. The van der Waals surface area contributed by atoms with E-state index in [0.717, 1.165) is 22.6 Å². The van der Waals surface area contributed by atoms with Crippen molar-refractivity contribution in [1.82, 2.24) is 10.1 Å². The van der Waals surface area contributed by atoms with Crippen LogP contribution in [0.2, 0.25) is 5.02 Å². The van der Waals surface area contributed by atoms with Gasteiger partial charge in [0.25, 0.3) is 0 Å². The smallest absolute Gasteiger partial charge is 0.232 e. The van der Waals surface area contributed by atoms with Crippen molar-refractivity contribution in [2.45, 2.75) is 33.1 Å². The molecule has 1 unspecified atom stereocenters. The highest BCUT2D eigenvalue weighted by molar-refractivity contribution is 6.31. The van der Waals surface area contributed by atoms with Crippen LogP contribution in [0, 0.1) is 12.8 Å². The SMILES string of the molecule is Cc1c(Cl)cccc1N1CC(c2nc(-c3ccc(OCC(C)C)cc3)no2)CC1=O. The van der Waals surface area contributed by atoms with E-state index in [1.54, 1.807) is 4.90 Å². The van der Waals surface area contributed by atoms with Gasteiger partial charge in [-0.05, 0) is 54.8 Å². The molecule has 1 amide bonds. The van der Waals surface area contributed by atoms with Crippen LogP contribution >= 0.6 is 11.6 Å². The fourth-order valence-corrected chi connectivity index (χ4v) is 3.65. The molecule has 1 aliphatic heterocycles. The number of rotatable bonds is 6. The number of anilines is 1. The molecule has 4 rings (SSSR count). The van der Waals surface area contributed by atoms with E-state index < -0.39 is 0 Å². The van der Waals surface area contributed by atoms with E-state index in [9.17, 15) is 4.79 Å². The van der Waals surface area contributed by atoms with Gasteiger partial charge in [-0.2, -0.15) is 4.98 Å². The topological polar surface area (TPSA) is 68.5 Å². The third-order valence-electron chi connectivity index (χ3n) is 5.14. The second-order valence-electron chi connectivity index (χ2n) is 7.97. The van der Waals surface area contributed by atoms with Gasteiger partial charge in [0.2, 0.25) is 17.6 Å². The Morgan fingerprint density at radius 3 is 2.73 bits per heavy atom. The van der Waals surface area contributed by atoms with Crippen molar-refractivity contribution in [3.8, 4) is 17.1 Å². The molecule has 2 aromatic carbocycles. The molecule has 30 heavy (non-hydrogen) atoms. The summed E-state index contributed by atoms with van der Waals surface area (Å²) in [7, 11) is 0. The Labute approximate surface area is 180 Å². The maximum absolute atomic E-state index is 12.6. The minimum Gasteiger partial charge on any atom is -0.493 e. The van der Waals surface area contributed by atoms with Crippen molar-refractivity contribution in [2.75, 3.05) is 18.1 Å². The highest BCUT2D eigenvalue weighted by Gasteiger charge is 2.36. The third kappa shape index (κ3) is 4.19. The number of hydrogen-bond acceptors (Lipinski definition) is 5. The predicted octanol–water partition coefficient (Wildman–Crippen LogP) is 5.25. The molecule has 0 spiro atoms. The van der Waals surface area contributed by atoms with E-state index in [-0.39, 0.29) is 11.8 Å². The van der Waals surface area contributed by atoms with Gasteiger partial charge in [-0.1, -0.05) is 36.7 Å². The summed E-state index contributed by atoms with van der Waals surface area (Å²) in [6, 6.07) is 13.2. The maximum Gasteiger partial charge on any atom is 0.232 e. The average molecular weight is 426 g/mol. The standard InChI is InChI=1S/C23H24ClN3O3/c1-14(2)13-29-18-9-7-16(8-10-18)22-25-23(30-26-22)17-11-21(28)27(12-17)20-6-4-5-19(24)15(20)3/h4-10,14,17H,11-13H2,1-3H3. The van der Waals surface area contributed by atoms with Crippen LogP contribution in [0.5, 0.6) is 5.75 Å². The number of nitrogens with zero attached hydrogens (tertiary/aromatic N) is 3. The Kier molecular flexibility index (Phi) is 5.77. The molecule has 156 valence electrons. The third-order valence-corrected chi connectivity index (χ3v) is 5.55. The number of benzene rings is 2. The van der Waals surface area contributed by atoms with Crippen molar-refractivity contribution in [3.05, 3.63) is 58.9 Å². The van der Waals surface area contributed by atoms with E-state index in [2.05, 4.69) is 24.0 Å². The second-order valence-corrected chi connectivity index (χ2v) is 8.38. The van der Waals surface area contributed by atoms with Crippen LogP contribution in [0.4, 0.5) is 5.69 Å². The van der Waals surface area contributed by atoms with E-state index in [1.807, 2.05) is 49.4 Å². The fourth-order valence-electron chi connectivity index (χ4n) is 3.48. The van der Waals surface area contributed by atoms with Gasteiger partial charge in [0, 0.05) is 29.2 Å². The molecule has 7 heteroatoms. The van der Waals surface area contributed by atoms with Gasteiger partial charge in [0.15, 0.2) is 0 Å². The summed E-state index contributed by atoms with van der Waals surface area (Å²) in [4.78, 5) is 18.9. The average Bonchev–Trinajstić information content (AvgIpc) is 3.36. The van der Waals surface area contributed by atoms with Gasteiger partial charge in [0.1, 0.15) is 5.75 Å². The molecule has 1 fully saturated rings. The Morgan fingerprint density at radius 2 is 2.00 bits per heavy atom. The van der Waals surface area contributed by atoms with Crippen molar-refractivity contribution in [3.63, 3.8) is 0 Å². The first-order valence-corrected chi connectivity index (χ1v) is 10.4. The maximum atomic E-state index is 12.6. The van der Waals surface area contributed by atoms with E-state index in [4.69, 9.17) is 20.9 Å². The second kappa shape index (κ2) is 8.48. The van der Waals surface area contributed by atoms with Crippen molar-refractivity contribution in [2.24, 2.45) is 5.92 Å². The van der Waals surface area contributed by atoms with Gasteiger partial charge in [-0.3, -0.25) is 4.79 Å². The van der Waals surface area contributed by atoms with E-state index in [0.29, 0.717) is 42.2 Å². The summed E-state index contributed by atoms with van der Waals surface area (Å²) in [6.45, 7) is 7.29. The number of ether oxygens (including phenoxy) is 1. The van der Waals surface area contributed by atoms with Crippen LogP contribution in [0.1, 0.15) is 37.6 Å². The first-order chi connectivity index (χ1) is 14.4. The molecule has 1 aliphatic rings. The molecule has 0 radical (unpaired) electrons. The molecule has 1 aromatic heterocycles. The predicted molar refractivity (Wildman–Crippen MR) is 116 cm³/mol. The fraction of sp³-hybridized carbons (Fsp3) is 0.348. The highest BCUT2D eigenvalue weighted by atomic mass is 35.5. The van der Waals surface area contributed by atoms with Crippen molar-refractivity contribution in [1.29, 1.82) is 0 Å². The molecule has 0 bridgehead atoms. The number of carbonyl (C=O) groups excluding carboxylic acids is 1. The molecular weight excluding hydrogens is 402 g/mol. The first-order valence-electron chi connectivity index (χ1n) is 10.0. The molecule has 3 aromatic rings. The van der Waals surface area contributed by atoms with Crippen LogP contribution in [0.25, 0.3) is 11.4 Å². The highest BCUT2D eigenvalue weighted by Crippen LogP contribution is 2.35. The van der Waals surface area contributed by atoms with Crippen LogP contribution in [-0.4, -0.2) is 29.2 Å². The van der Waals surface area contributed by atoms with Crippen LogP contribution < -0.4 is 9.64 Å². The first kappa shape index (κ1) is 20.4. The Morgan fingerprint density at radius 1 is 1.23 bits per heavy atom. The summed E-state index contributed by atoms with van der Waals surface area (Å²) < 4.78 is 11.2.